The Labute approximate surface area is 98.1 Å². The Balaban J connectivity index is 3.18. The molecule has 0 aliphatic rings. The molecule has 1 aromatic rings. The first-order chi connectivity index (χ1) is 7.99. The van der Waals surface area contributed by atoms with Gasteiger partial charge in [-0.3, -0.25) is 18.7 Å². The largest absolute Gasteiger partial charge is 0.396 e. The molecule has 0 spiro atoms. The molecular formula is C11H16N2O4. The molecule has 0 aliphatic carbocycles. The molecule has 0 aliphatic heterocycles. The van der Waals surface area contributed by atoms with E-state index in [9.17, 15) is 14.4 Å². The summed E-state index contributed by atoms with van der Waals surface area (Å²) in [5, 5.41) is 8.66. The minimum absolute atomic E-state index is 0.0103. The van der Waals surface area contributed by atoms with Crippen LogP contribution in [-0.4, -0.2) is 26.6 Å². The van der Waals surface area contributed by atoms with Crippen LogP contribution in [0.1, 0.15) is 30.1 Å². The van der Waals surface area contributed by atoms with Gasteiger partial charge in [-0.2, -0.15) is 0 Å². The number of aryl methyl sites for hydroxylation is 1. The maximum atomic E-state index is 11.7. The third-order valence-electron chi connectivity index (χ3n) is 2.54. The second-order valence-electron chi connectivity index (χ2n) is 3.87. The molecule has 6 nitrogen and oxygen atoms in total. The van der Waals surface area contributed by atoms with E-state index in [1.807, 2.05) is 0 Å². The molecule has 6 heteroatoms. The quantitative estimate of drug-likeness (QED) is 0.557. The van der Waals surface area contributed by atoms with Crippen molar-refractivity contribution in [3.63, 3.8) is 0 Å². The van der Waals surface area contributed by atoms with Gasteiger partial charge in [-0.1, -0.05) is 0 Å². The van der Waals surface area contributed by atoms with Crippen molar-refractivity contribution < 1.29 is 9.90 Å². The lowest BCUT2D eigenvalue weighted by Gasteiger charge is -2.08. The number of hydrogen-bond donors (Lipinski definition) is 1. The molecule has 17 heavy (non-hydrogen) atoms. The molecule has 94 valence electrons. The number of ketones is 1. The van der Waals surface area contributed by atoms with Crippen LogP contribution in [-0.2, 0) is 13.6 Å². The number of unbranched alkanes of at least 4 members (excludes halogenated alkanes) is 1. The molecule has 0 atom stereocenters. The Morgan fingerprint density at radius 3 is 2.53 bits per heavy atom. The van der Waals surface area contributed by atoms with Crippen molar-refractivity contribution in [3.05, 3.63) is 32.6 Å². The van der Waals surface area contributed by atoms with E-state index < -0.39 is 11.2 Å². The summed E-state index contributed by atoms with van der Waals surface area (Å²) in [6.07, 6.45) is 2.49. The number of aliphatic hydroxyl groups excluding tert-OH is 1. The topological polar surface area (TPSA) is 81.3 Å². The van der Waals surface area contributed by atoms with E-state index in [-0.39, 0.29) is 18.0 Å². The van der Waals surface area contributed by atoms with Gasteiger partial charge in [0.05, 0.1) is 5.56 Å². The molecule has 1 aromatic heterocycles. The zero-order valence-corrected chi connectivity index (χ0v) is 9.97. The van der Waals surface area contributed by atoms with Crippen molar-refractivity contribution in [1.29, 1.82) is 0 Å². The number of carbonyl (C=O) groups is 1. The smallest absolute Gasteiger partial charge is 0.330 e. The molecule has 0 amide bonds. The van der Waals surface area contributed by atoms with Gasteiger partial charge in [0.15, 0.2) is 5.78 Å². The summed E-state index contributed by atoms with van der Waals surface area (Å²) in [6, 6.07) is 0. The fourth-order valence-corrected chi connectivity index (χ4v) is 1.52. The molecule has 0 unspecified atom stereocenters. The van der Waals surface area contributed by atoms with Crippen molar-refractivity contribution in [2.45, 2.75) is 26.3 Å². The molecule has 0 aromatic carbocycles. The number of rotatable bonds is 5. The normalized spacial score (nSPS) is 10.5. The molecule has 0 bridgehead atoms. The van der Waals surface area contributed by atoms with Gasteiger partial charge in [0.25, 0.3) is 5.56 Å². The molecular weight excluding hydrogens is 224 g/mol. The third kappa shape index (κ3) is 2.91. The van der Waals surface area contributed by atoms with Gasteiger partial charge in [-0.15, -0.1) is 0 Å². The number of aliphatic hydroxyl groups is 1. The number of carbonyl (C=O) groups excluding carboxylic acids is 1. The molecule has 1 N–H and O–H groups in total. The van der Waals surface area contributed by atoms with Crippen LogP contribution < -0.4 is 11.2 Å². The lowest BCUT2D eigenvalue weighted by Crippen LogP contribution is -2.40. The lowest BCUT2D eigenvalue weighted by molar-refractivity contribution is 0.101. The van der Waals surface area contributed by atoms with E-state index >= 15 is 0 Å². The SMILES string of the molecule is CC(=O)c1cn(CCCCO)c(=O)n(C)c1=O. The van der Waals surface area contributed by atoms with Crippen LogP contribution in [0.2, 0.25) is 0 Å². The number of hydrogen-bond acceptors (Lipinski definition) is 4. The van der Waals surface area contributed by atoms with Crippen LogP contribution in [0.25, 0.3) is 0 Å². The average molecular weight is 240 g/mol. The van der Waals surface area contributed by atoms with Crippen LogP contribution in [0.5, 0.6) is 0 Å². The van der Waals surface area contributed by atoms with E-state index in [2.05, 4.69) is 0 Å². The highest BCUT2D eigenvalue weighted by Gasteiger charge is 2.11. The minimum atomic E-state index is -0.569. The van der Waals surface area contributed by atoms with Gasteiger partial charge < -0.3 is 5.11 Å². The average Bonchev–Trinajstić information content (AvgIpc) is 2.29. The summed E-state index contributed by atoms with van der Waals surface area (Å²) >= 11 is 0. The highest BCUT2D eigenvalue weighted by Crippen LogP contribution is 1.95. The second kappa shape index (κ2) is 5.58. The van der Waals surface area contributed by atoms with Crippen LogP contribution in [0.3, 0.4) is 0 Å². The summed E-state index contributed by atoms with van der Waals surface area (Å²) in [6.45, 7) is 1.73. The van der Waals surface area contributed by atoms with Crippen LogP contribution >= 0.6 is 0 Å². The van der Waals surface area contributed by atoms with Crippen molar-refractivity contribution in [2.75, 3.05) is 6.61 Å². The first-order valence-corrected chi connectivity index (χ1v) is 5.41. The van der Waals surface area contributed by atoms with Gasteiger partial charge >= 0.3 is 5.69 Å². The van der Waals surface area contributed by atoms with E-state index in [1.54, 1.807) is 0 Å². The van der Waals surface area contributed by atoms with Gasteiger partial charge in [0.1, 0.15) is 0 Å². The molecule has 1 rings (SSSR count). The maximum absolute atomic E-state index is 11.7. The van der Waals surface area contributed by atoms with E-state index in [1.165, 1.54) is 24.7 Å². The predicted octanol–water partition coefficient (Wildman–Crippen LogP) is -0.478. The number of aromatic nitrogens is 2. The van der Waals surface area contributed by atoms with Crippen molar-refractivity contribution in [2.24, 2.45) is 7.05 Å². The fraction of sp³-hybridized carbons (Fsp3) is 0.545. The van der Waals surface area contributed by atoms with E-state index in [4.69, 9.17) is 5.11 Å². The van der Waals surface area contributed by atoms with Crippen LogP contribution in [0.4, 0.5) is 0 Å². The summed E-state index contributed by atoms with van der Waals surface area (Å²) < 4.78 is 2.25. The van der Waals surface area contributed by atoms with Crippen LogP contribution in [0, 0.1) is 0 Å². The van der Waals surface area contributed by atoms with Crippen LogP contribution in [0.15, 0.2) is 15.8 Å². The van der Waals surface area contributed by atoms with Gasteiger partial charge in [-0.25, -0.2) is 4.79 Å². The van der Waals surface area contributed by atoms with E-state index in [0.717, 1.165) is 4.57 Å². The molecule has 1 heterocycles. The molecule has 0 fully saturated rings. The summed E-state index contributed by atoms with van der Waals surface area (Å²) in [5.41, 5.74) is -1.00. The minimum Gasteiger partial charge on any atom is -0.396 e. The Hall–Kier alpha value is -1.69. The third-order valence-corrected chi connectivity index (χ3v) is 2.54. The highest BCUT2D eigenvalue weighted by molar-refractivity contribution is 5.93. The molecule has 0 saturated heterocycles. The Morgan fingerprint density at radius 1 is 1.35 bits per heavy atom. The summed E-state index contributed by atoms with van der Waals surface area (Å²) in [4.78, 5) is 34.6. The highest BCUT2D eigenvalue weighted by atomic mass is 16.3. The second-order valence-corrected chi connectivity index (χ2v) is 3.87. The Kier molecular flexibility index (Phi) is 4.39. The van der Waals surface area contributed by atoms with Gasteiger partial charge in [0, 0.05) is 26.4 Å². The Morgan fingerprint density at radius 2 is 2.00 bits per heavy atom. The van der Waals surface area contributed by atoms with Crippen molar-refractivity contribution in [1.82, 2.24) is 9.13 Å². The zero-order chi connectivity index (χ0) is 13.0. The fourth-order valence-electron chi connectivity index (χ4n) is 1.52. The van der Waals surface area contributed by atoms with Gasteiger partial charge in [0.2, 0.25) is 0 Å². The van der Waals surface area contributed by atoms with Crippen molar-refractivity contribution in [3.8, 4) is 0 Å². The summed E-state index contributed by atoms with van der Waals surface area (Å²) in [7, 11) is 1.35. The Bertz CT molecular complexity index is 527. The monoisotopic (exact) mass is 240 g/mol. The molecule has 0 saturated carbocycles. The van der Waals surface area contributed by atoms with E-state index in [0.29, 0.717) is 19.4 Å². The van der Waals surface area contributed by atoms with Crippen molar-refractivity contribution >= 4 is 5.78 Å². The lowest BCUT2D eigenvalue weighted by atomic mass is 10.2. The molecule has 0 radical (unpaired) electrons. The zero-order valence-electron chi connectivity index (χ0n) is 9.97. The first-order valence-electron chi connectivity index (χ1n) is 5.41. The summed E-state index contributed by atoms with van der Waals surface area (Å²) in [5.74, 6) is -0.360. The van der Waals surface area contributed by atoms with Gasteiger partial charge in [-0.05, 0) is 19.8 Å². The predicted molar refractivity (Wildman–Crippen MR) is 62.3 cm³/mol. The maximum Gasteiger partial charge on any atom is 0.330 e. The number of Topliss-reactive ketones (excluding diaryl/α,β-unsaturated/α-hetero) is 1. The first kappa shape index (κ1) is 13.4. The standard InChI is InChI=1S/C11H16N2O4/c1-8(15)9-7-13(5-3-4-6-14)11(17)12(2)10(9)16/h7,14H,3-6H2,1-2H3. The number of nitrogens with zero attached hydrogens (tertiary/aromatic N) is 2.